The molecule has 2 aliphatic rings. The van der Waals surface area contributed by atoms with E-state index in [1.807, 2.05) is 20.8 Å². The summed E-state index contributed by atoms with van der Waals surface area (Å²) in [7, 11) is 0. The predicted octanol–water partition coefficient (Wildman–Crippen LogP) is 0.574. The highest BCUT2D eigenvalue weighted by atomic mass is 35.5. The third-order valence-electron chi connectivity index (χ3n) is 3.90. The smallest absolute Gasteiger partial charge is 0.321 e. The van der Waals surface area contributed by atoms with Gasteiger partial charge in [-0.15, -0.1) is 12.4 Å². The van der Waals surface area contributed by atoms with E-state index in [0.29, 0.717) is 12.5 Å². The highest BCUT2D eigenvalue weighted by Gasteiger charge is 2.33. The highest BCUT2D eigenvalue weighted by Crippen LogP contribution is 2.26. The summed E-state index contributed by atoms with van der Waals surface area (Å²) < 4.78 is 0. The van der Waals surface area contributed by atoms with E-state index in [1.54, 1.807) is 0 Å². The van der Waals surface area contributed by atoms with E-state index in [-0.39, 0.29) is 23.9 Å². The Kier molecular flexibility index (Phi) is 6.43. The largest absolute Gasteiger partial charge is 0.333 e. The Morgan fingerprint density at radius 1 is 1.24 bits per heavy atom. The molecule has 2 saturated heterocycles. The maximum absolute atomic E-state index is 11.9. The Labute approximate surface area is 132 Å². The van der Waals surface area contributed by atoms with Crippen LogP contribution < -0.4 is 16.0 Å². The molecular weight excluding hydrogens is 292 g/mol. The van der Waals surface area contributed by atoms with Gasteiger partial charge >= 0.3 is 6.03 Å². The van der Waals surface area contributed by atoms with Crippen LogP contribution in [0.3, 0.4) is 0 Å². The van der Waals surface area contributed by atoms with Crippen LogP contribution in [0.25, 0.3) is 0 Å². The number of rotatable bonds is 2. The second-order valence-corrected chi connectivity index (χ2v) is 6.95. The summed E-state index contributed by atoms with van der Waals surface area (Å²) >= 11 is 0. The van der Waals surface area contributed by atoms with Gasteiger partial charge in [-0.25, -0.2) is 4.79 Å². The van der Waals surface area contributed by atoms with Crippen LogP contribution >= 0.6 is 12.4 Å². The molecule has 2 fully saturated rings. The van der Waals surface area contributed by atoms with Gasteiger partial charge in [0.05, 0.1) is 6.54 Å². The fourth-order valence-electron chi connectivity index (χ4n) is 2.99. The molecule has 0 aromatic rings. The van der Waals surface area contributed by atoms with Crippen LogP contribution in [0.5, 0.6) is 0 Å². The maximum Gasteiger partial charge on any atom is 0.321 e. The summed E-state index contributed by atoms with van der Waals surface area (Å²) in [6, 6.07) is -0.417. The number of nitrogens with one attached hydrogen (secondary N) is 3. The number of urea groups is 1. The normalized spacial score (nSPS) is 25.7. The number of carbonyl (C=O) groups excluding carboxylic acids is 2. The molecule has 0 bridgehead atoms. The molecule has 21 heavy (non-hydrogen) atoms. The summed E-state index contributed by atoms with van der Waals surface area (Å²) in [4.78, 5) is 25.6. The van der Waals surface area contributed by atoms with Gasteiger partial charge in [0.2, 0.25) is 5.91 Å². The Hall–Kier alpha value is -0.850. The lowest BCUT2D eigenvalue weighted by molar-refractivity contribution is -0.121. The van der Waals surface area contributed by atoms with Crippen molar-refractivity contribution in [1.29, 1.82) is 0 Å². The zero-order valence-electron chi connectivity index (χ0n) is 13.1. The quantitative estimate of drug-likeness (QED) is 0.696. The first kappa shape index (κ1) is 18.2. The van der Waals surface area contributed by atoms with Crippen LogP contribution in [0.15, 0.2) is 0 Å². The molecule has 7 heteroatoms. The van der Waals surface area contributed by atoms with Gasteiger partial charge in [0.1, 0.15) is 0 Å². The number of hydrogen-bond donors (Lipinski definition) is 3. The van der Waals surface area contributed by atoms with E-state index >= 15 is 0 Å². The van der Waals surface area contributed by atoms with Gasteiger partial charge in [-0.1, -0.05) is 0 Å². The van der Waals surface area contributed by atoms with E-state index in [2.05, 4.69) is 20.9 Å². The lowest BCUT2D eigenvalue weighted by atomic mass is 9.89. The minimum Gasteiger partial charge on any atom is -0.333 e. The van der Waals surface area contributed by atoms with Crippen molar-refractivity contribution in [3.05, 3.63) is 0 Å². The molecule has 2 unspecified atom stereocenters. The van der Waals surface area contributed by atoms with Crippen molar-refractivity contribution in [3.8, 4) is 0 Å². The maximum atomic E-state index is 11.9. The van der Waals surface area contributed by atoms with Crippen LogP contribution in [0, 0.1) is 11.8 Å². The van der Waals surface area contributed by atoms with Gasteiger partial charge < -0.3 is 10.6 Å². The van der Waals surface area contributed by atoms with Crippen molar-refractivity contribution in [2.24, 2.45) is 11.8 Å². The Bertz CT molecular complexity index is 384. The Morgan fingerprint density at radius 3 is 2.57 bits per heavy atom. The van der Waals surface area contributed by atoms with Gasteiger partial charge in [0.15, 0.2) is 0 Å². The molecule has 0 radical (unpaired) electrons. The standard InChI is InChI=1S/C14H26N4O2.ClH/c1-14(2,3)17-13(20)16-12(19)9-18-5-4-10-6-15-7-11(10)8-18;/h10-11,15H,4-9H2,1-3H3,(H2,16,17,19,20);1H. The predicted molar refractivity (Wildman–Crippen MR) is 84.6 cm³/mol. The number of piperidine rings is 1. The highest BCUT2D eigenvalue weighted by molar-refractivity contribution is 5.95. The number of imide groups is 1. The second kappa shape index (κ2) is 7.42. The van der Waals surface area contributed by atoms with Crippen molar-refractivity contribution in [1.82, 2.24) is 20.9 Å². The second-order valence-electron chi connectivity index (χ2n) is 6.95. The molecule has 0 aromatic carbocycles. The Morgan fingerprint density at radius 2 is 1.90 bits per heavy atom. The molecule has 122 valence electrons. The molecule has 0 saturated carbocycles. The van der Waals surface area contributed by atoms with Gasteiger partial charge in [-0.2, -0.15) is 0 Å². The lowest BCUT2D eigenvalue weighted by Crippen LogP contribution is -2.51. The molecule has 3 N–H and O–H groups in total. The fourth-order valence-corrected chi connectivity index (χ4v) is 2.99. The summed E-state index contributed by atoms with van der Waals surface area (Å²) in [6.07, 6.45) is 1.14. The summed E-state index contributed by atoms with van der Waals surface area (Å²) in [5.74, 6) is 1.19. The van der Waals surface area contributed by atoms with Crippen LogP contribution in [0.2, 0.25) is 0 Å². The third-order valence-corrected chi connectivity index (χ3v) is 3.90. The summed E-state index contributed by atoms with van der Waals surface area (Å²) in [5, 5.41) is 8.53. The third kappa shape index (κ3) is 5.80. The average molecular weight is 319 g/mol. The molecule has 0 spiro atoms. The number of fused-ring (bicyclic) bond motifs is 1. The first-order valence-electron chi connectivity index (χ1n) is 7.38. The van der Waals surface area contributed by atoms with Gasteiger partial charge in [0, 0.05) is 12.1 Å². The van der Waals surface area contributed by atoms with Crippen LogP contribution in [0.1, 0.15) is 27.2 Å². The Balaban J connectivity index is 0.00000220. The monoisotopic (exact) mass is 318 g/mol. The molecule has 6 nitrogen and oxygen atoms in total. The number of likely N-dealkylation sites (tertiary alicyclic amines) is 1. The van der Waals surface area contributed by atoms with E-state index in [1.165, 1.54) is 0 Å². The van der Waals surface area contributed by atoms with Crippen LogP contribution in [0.4, 0.5) is 4.79 Å². The van der Waals surface area contributed by atoms with Crippen molar-refractivity contribution < 1.29 is 9.59 Å². The summed E-state index contributed by atoms with van der Waals surface area (Å²) in [6.45, 7) is 10.0. The molecule has 0 aliphatic carbocycles. The minimum absolute atomic E-state index is 0. The average Bonchev–Trinajstić information content (AvgIpc) is 2.72. The van der Waals surface area contributed by atoms with Gasteiger partial charge in [0.25, 0.3) is 0 Å². The van der Waals surface area contributed by atoms with E-state index in [9.17, 15) is 9.59 Å². The van der Waals surface area contributed by atoms with E-state index in [0.717, 1.165) is 38.5 Å². The topological polar surface area (TPSA) is 73.5 Å². The number of carbonyl (C=O) groups is 2. The summed E-state index contributed by atoms with van der Waals surface area (Å²) in [5.41, 5.74) is -0.335. The fraction of sp³-hybridized carbons (Fsp3) is 0.857. The van der Waals surface area contributed by atoms with Crippen molar-refractivity contribution in [2.45, 2.75) is 32.7 Å². The van der Waals surface area contributed by atoms with Crippen molar-refractivity contribution >= 4 is 24.3 Å². The number of hydrogen-bond acceptors (Lipinski definition) is 4. The van der Waals surface area contributed by atoms with Gasteiger partial charge in [-0.3, -0.25) is 15.0 Å². The molecule has 3 amide bonds. The first-order valence-corrected chi connectivity index (χ1v) is 7.38. The minimum atomic E-state index is -0.417. The van der Waals surface area contributed by atoms with Crippen LogP contribution in [-0.4, -0.2) is 55.1 Å². The molecule has 0 aromatic heterocycles. The molecule has 2 rings (SSSR count). The zero-order valence-corrected chi connectivity index (χ0v) is 13.9. The molecule has 2 aliphatic heterocycles. The number of halogens is 1. The first-order chi connectivity index (χ1) is 9.33. The molecule has 2 heterocycles. The van der Waals surface area contributed by atoms with Crippen molar-refractivity contribution in [2.75, 3.05) is 32.7 Å². The molecule has 2 atom stereocenters. The van der Waals surface area contributed by atoms with Gasteiger partial charge in [-0.05, 0) is 58.7 Å². The molecular formula is C14H27ClN4O2. The van der Waals surface area contributed by atoms with E-state index in [4.69, 9.17) is 0 Å². The number of amides is 3. The van der Waals surface area contributed by atoms with E-state index < -0.39 is 6.03 Å². The SMILES string of the molecule is CC(C)(C)NC(=O)NC(=O)CN1CCC2CNCC2C1.Cl. The number of nitrogens with zero attached hydrogens (tertiary/aromatic N) is 1. The van der Waals surface area contributed by atoms with Crippen molar-refractivity contribution in [3.63, 3.8) is 0 Å². The van der Waals surface area contributed by atoms with Crippen LogP contribution in [-0.2, 0) is 4.79 Å². The zero-order chi connectivity index (χ0) is 14.8. The lowest BCUT2D eigenvalue weighted by Gasteiger charge is -2.33.